The van der Waals surface area contributed by atoms with E-state index in [-0.39, 0.29) is 17.3 Å². The van der Waals surface area contributed by atoms with Gasteiger partial charge in [0.25, 0.3) is 0 Å². The third kappa shape index (κ3) is 6.63. The fourth-order valence-electron chi connectivity index (χ4n) is 2.69. The van der Waals surface area contributed by atoms with Crippen molar-refractivity contribution in [3.63, 3.8) is 0 Å². The first-order valence-corrected chi connectivity index (χ1v) is 9.21. The van der Waals surface area contributed by atoms with Crippen LogP contribution in [0.4, 0.5) is 16.2 Å². The van der Waals surface area contributed by atoms with Crippen molar-refractivity contribution in [1.82, 2.24) is 4.90 Å². The zero-order chi connectivity index (χ0) is 20.6. The highest BCUT2D eigenvalue weighted by molar-refractivity contribution is 5.95. The highest BCUT2D eigenvalue weighted by Crippen LogP contribution is 2.24. The minimum atomic E-state index is -1.12. The Morgan fingerprint density at radius 3 is 2.33 bits per heavy atom. The summed E-state index contributed by atoms with van der Waals surface area (Å²) in [6.07, 6.45) is 0.419. The Hall–Kier alpha value is -2.48. The van der Waals surface area contributed by atoms with Crippen molar-refractivity contribution >= 4 is 23.4 Å². The normalized spacial score (nSPS) is 14.6. The molecule has 27 heavy (non-hydrogen) atoms. The molecule has 0 saturated carbocycles. The van der Waals surface area contributed by atoms with E-state index in [0.717, 1.165) is 12.1 Å². The number of nitrogens with one attached hydrogen (secondary N) is 1. The molecule has 1 amide bonds. The zero-order valence-electron chi connectivity index (χ0n) is 16.8. The smallest absolute Gasteiger partial charge is 0.410 e. The van der Waals surface area contributed by atoms with E-state index in [2.05, 4.69) is 0 Å². The van der Waals surface area contributed by atoms with Crippen LogP contribution < -0.4 is 10.4 Å². The van der Waals surface area contributed by atoms with Gasteiger partial charge in [0.2, 0.25) is 0 Å². The molecule has 8 nitrogen and oxygen atoms in total. The molecule has 0 atom stereocenters. The Bertz CT molecular complexity index is 643. The van der Waals surface area contributed by atoms with Gasteiger partial charge >= 0.3 is 12.1 Å². The van der Waals surface area contributed by atoms with Gasteiger partial charge in [0.05, 0.1) is 11.3 Å². The van der Waals surface area contributed by atoms with Crippen LogP contribution in [0.1, 0.15) is 51.4 Å². The van der Waals surface area contributed by atoms with E-state index in [4.69, 9.17) is 9.94 Å². The highest BCUT2D eigenvalue weighted by atomic mass is 16.6. The third-order valence-corrected chi connectivity index (χ3v) is 3.87. The average Bonchev–Trinajstić information content (AvgIpc) is 2.87. The number of carboxylic acids is 1. The maximum atomic E-state index is 12.2. The van der Waals surface area contributed by atoms with Gasteiger partial charge in [-0.15, -0.1) is 0 Å². The van der Waals surface area contributed by atoms with E-state index in [1.165, 1.54) is 12.1 Å². The van der Waals surface area contributed by atoms with Crippen molar-refractivity contribution in [1.29, 1.82) is 0 Å². The first-order chi connectivity index (χ1) is 12.7. The molecule has 0 radical (unpaired) electrons. The van der Waals surface area contributed by atoms with E-state index < -0.39 is 11.6 Å². The number of ether oxygens (including phenoxy) is 1. The molecular weight excluding hydrogens is 350 g/mol. The largest absolute Gasteiger partial charge is 0.478 e. The van der Waals surface area contributed by atoms with E-state index >= 15 is 0 Å². The quantitative estimate of drug-likeness (QED) is 0.687. The molecule has 0 unspecified atom stereocenters. The summed E-state index contributed by atoms with van der Waals surface area (Å²) in [4.78, 5) is 27.2. The molecule has 0 aliphatic carbocycles. The molecule has 0 spiro atoms. The van der Waals surface area contributed by atoms with Crippen LogP contribution in [0.25, 0.3) is 0 Å². The first kappa shape index (κ1) is 22.6. The summed E-state index contributed by atoms with van der Waals surface area (Å²) < 4.78 is 5.41. The van der Waals surface area contributed by atoms with Crippen LogP contribution in [0.15, 0.2) is 18.2 Å². The lowest BCUT2D eigenvalue weighted by atomic mass is 10.1. The number of aromatic carboxylic acids is 1. The van der Waals surface area contributed by atoms with Crippen LogP contribution in [0.2, 0.25) is 0 Å². The summed E-state index contributed by atoms with van der Waals surface area (Å²) in [5.41, 5.74) is 2.23. The van der Waals surface area contributed by atoms with Gasteiger partial charge in [-0.3, -0.25) is 10.7 Å². The van der Waals surface area contributed by atoms with Crippen molar-refractivity contribution < 1.29 is 24.6 Å². The first-order valence-electron chi connectivity index (χ1n) is 9.21. The predicted octanol–water partition coefficient (Wildman–Crippen LogP) is 3.66. The van der Waals surface area contributed by atoms with Gasteiger partial charge in [0.15, 0.2) is 0 Å². The van der Waals surface area contributed by atoms with Crippen molar-refractivity contribution in [2.75, 3.05) is 36.6 Å². The number of carbonyl (C=O) groups is 2. The SMILES string of the molecule is CC.CC(C)(C)OC(=O)N1CCCN(c2ccc(NO)c(C(=O)O)c2)CC1. The molecule has 152 valence electrons. The summed E-state index contributed by atoms with van der Waals surface area (Å²) in [6, 6.07) is 4.79. The minimum absolute atomic E-state index is 0.00625. The highest BCUT2D eigenvalue weighted by Gasteiger charge is 2.25. The molecule has 1 aromatic carbocycles. The van der Waals surface area contributed by atoms with Gasteiger partial charge in [0, 0.05) is 31.9 Å². The molecule has 0 bridgehead atoms. The fourth-order valence-corrected chi connectivity index (χ4v) is 2.69. The van der Waals surface area contributed by atoms with E-state index in [1.807, 2.05) is 45.0 Å². The van der Waals surface area contributed by atoms with E-state index in [1.54, 1.807) is 11.0 Å². The second kappa shape index (κ2) is 10.0. The lowest BCUT2D eigenvalue weighted by molar-refractivity contribution is 0.0263. The lowest BCUT2D eigenvalue weighted by Gasteiger charge is -2.27. The second-order valence-corrected chi connectivity index (χ2v) is 6.95. The minimum Gasteiger partial charge on any atom is -0.478 e. The Morgan fingerprint density at radius 1 is 1.11 bits per heavy atom. The van der Waals surface area contributed by atoms with Gasteiger partial charge in [0.1, 0.15) is 5.60 Å². The maximum Gasteiger partial charge on any atom is 0.410 e. The molecular formula is C19H31N3O5. The Labute approximate surface area is 160 Å². The van der Waals surface area contributed by atoms with E-state index in [9.17, 15) is 14.7 Å². The van der Waals surface area contributed by atoms with Gasteiger partial charge in [-0.2, -0.15) is 0 Å². The van der Waals surface area contributed by atoms with Crippen LogP contribution in [-0.4, -0.2) is 59.1 Å². The zero-order valence-corrected chi connectivity index (χ0v) is 16.8. The van der Waals surface area contributed by atoms with Crippen molar-refractivity contribution in [2.45, 2.75) is 46.6 Å². The Morgan fingerprint density at radius 2 is 1.78 bits per heavy atom. The van der Waals surface area contributed by atoms with Crippen LogP contribution in [0.3, 0.4) is 0 Å². The molecule has 1 aliphatic heterocycles. The Balaban J connectivity index is 0.00000176. The standard InChI is InChI=1S/C17H25N3O5.C2H6/c1-17(2,3)25-16(23)20-8-4-7-19(9-10-20)12-5-6-14(18-24)13(11-12)15(21)22;1-2/h5-6,11,18,24H,4,7-10H2,1-3H3,(H,21,22);1-2H3. The topological polar surface area (TPSA) is 102 Å². The molecule has 2 rings (SSSR count). The van der Waals surface area contributed by atoms with Crippen LogP contribution >= 0.6 is 0 Å². The Kier molecular flexibility index (Phi) is 8.36. The number of carboxylic acid groups (broad SMARTS) is 1. The van der Waals surface area contributed by atoms with Gasteiger partial charge in [-0.25, -0.2) is 9.59 Å². The molecule has 1 heterocycles. The number of benzene rings is 1. The number of anilines is 2. The monoisotopic (exact) mass is 381 g/mol. The number of hydrogen-bond donors (Lipinski definition) is 3. The van der Waals surface area contributed by atoms with Crippen molar-refractivity contribution in [2.24, 2.45) is 0 Å². The van der Waals surface area contributed by atoms with Crippen LogP contribution in [0.5, 0.6) is 0 Å². The number of carbonyl (C=O) groups excluding carboxylic acids is 1. The van der Waals surface area contributed by atoms with Crippen LogP contribution in [0, 0.1) is 0 Å². The van der Waals surface area contributed by atoms with E-state index in [0.29, 0.717) is 26.2 Å². The summed E-state index contributed by atoms with van der Waals surface area (Å²) >= 11 is 0. The fraction of sp³-hybridized carbons (Fsp3) is 0.579. The van der Waals surface area contributed by atoms with Gasteiger partial charge < -0.3 is 19.6 Å². The number of amides is 1. The maximum absolute atomic E-state index is 12.2. The summed E-state index contributed by atoms with van der Waals surface area (Å²) in [6.45, 7) is 11.9. The average molecular weight is 381 g/mol. The lowest BCUT2D eigenvalue weighted by Crippen LogP contribution is -2.39. The molecule has 1 aliphatic rings. The number of rotatable bonds is 3. The summed E-state index contributed by atoms with van der Waals surface area (Å²) in [5.74, 6) is -1.12. The number of nitrogens with zero attached hydrogens (tertiary/aromatic N) is 2. The second-order valence-electron chi connectivity index (χ2n) is 6.95. The van der Waals surface area contributed by atoms with Crippen molar-refractivity contribution in [3.8, 4) is 0 Å². The molecule has 0 aromatic heterocycles. The van der Waals surface area contributed by atoms with Gasteiger partial charge in [-0.1, -0.05) is 13.8 Å². The van der Waals surface area contributed by atoms with Gasteiger partial charge in [-0.05, 0) is 45.4 Å². The molecule has 1 aromatic rings. The summed E-state index contributed by atoms with van der Waals surface area (Å²) in [7, 11) is 0. The third-order valence-electron chi connectivity index (χ3n) is 3.87. The summed E-state index contributed by atoms with van der Waals surface area (Å²) in [5, 5.41) is 18.3. The number of hydrogen-bond acceptors (Lipinski definition) is 6. The molecule has 1 fully saturated rings. The van der Waals surface area contributed by atoms with Crippen LogP contribution in [-0.2, 0) is 4.74 Å². The molecule has 8 heteroatoms. The predicted molar refractivity (Wildman–Crippen MR) is 105 cm³/mol. The van der Waals surface area contributed by atoms with Crippen molar-refractivity contribution in [3.05, 3.63) is 23.8 Å². The molecule has 1 saturated heterocycles. The molecule has 3 N–H and O–H groups in total.